The fraction of sp³-hybridized carbons (Fsp3) is 0.444. The molecule has 2 heterocycles. The first-order chi connectivity index (χ1) is 13.5. The number of carbonyl (C=O) groups is 1. The molecule has 0 saturated carbocycles. The molecule has 1 aromatic carbocycles. The third-order valence-corrected chi connectivity index (χ3v) is 6.24. The quantitative estimate of drug-likeness (QED) is 0.790. The number of aromatic nitrogens is 2. The Labute approximate surface area is 166 Å². The maximum atomic E-state index is 12.7. The zero-order chi connectivity index (χ0) is 21.4. The highest BCUT2D eigenvalue weighted by atomic mass is 32.2. The number of benzene rings is 1. The molecule has 1 N–H and O–H groups in total. The number of para-hydroxylation sites is 1. The number of hydrogen-bond donors (Lipinski definition) is 1. The number of carbonyl (C=O) groups excluding carboxylic acids is 1. The van der Waals surface area contributed by atoms with Crippen molar-refractivity contribution in [2.45, 2.75) is 45.8 Å². The van der Waals surface area contributed by atoms with Crippen LogP contribution < -0.4 is 9.03 Å². The van der Waals surface area contributed by atoms with E-state index in [2.05, 4.69) is 5.10 Å². The van der Waals surface area contributed by atoms with E-state index in [1.165, 1.54) is 13.8 Å². The number of amides is 1. The largest absolute Gasteiger partial charge is 0.408 e. The van der Waals surface area contributed by atoms with Crippen molar-refractivity contribution >= 4 is 21.8 Å². The number of alkyl halides is 3. The van der Waals surface area contributed by atoms with Gasteiger partial charge >= 0.3 is 16.4 Å². The Balaban J connectivity index is 1.76. The molecule has 0 bridgehead atoms. The summed E-state index contributed by atoms with van der Waals surface area (Å²) in [6.45, 7) is 1.87. The highest BCUT2D eigenvalue weighted by Gasteiger charge is 2.31. The van der Waals surface area contributed by atoms with Crippen LogP contribution >= 0.6 is 0 Å². The summed E-state index contributed by atoms with van der Waals surface area (Å²) in [6.07, 6.45) is -3.47. The molecule has 0 radical (unpaired) electrons. The zero-order valence-corrected chi connectivity index (χ0v) is 16.8. The van der Waals surface area contributed by atoms with Gasteiger partial charge in [-0.25, -0.2) is 4.72 Å². The summed E-state index contributed by atoms with van der Waals surface area (Å²) in [5.41, 5.74) is 2.10. The topological polar surface area (TPSA) is 84.3 Å². The predicted molar refractivity (Wildman–Crippen MR) is 101 cm³/mol. The van der Waals surface area contributed by atoms with Crippen molar-refractivity contribution in [1.29, 1.82) is 0 Å². The van der Waals surface area contributed by atoms with Crippen LogP contribution in [0.4, 0.5) is 18.9 Å². The molecule has 1 amide bonds. The fourth-order valence-corrected chi connectivity index (χ4v) is 4.73. The summed E-state index contributed by atoms with van der Waals surface area (Å²) in [7, 11) is -4.14. The summed E-state index contributed by atoms with van der Waals surface area (Å²) in [6, 6.07) is 7.04. The van der Waals surface area contributed by atoms with Crippen molar-refractivity contribution in [3.8, 4) is 0 Å². The number of halogens is 3. The van der Waals surface area contributed by atoms with Crippen LogP contribution in [-0.2, 0) is 34.4 Å². The van der Waals surface area contributed by atoms with E-state index in [1.807, 2.05) is 16.9 Å². The minimum Gasteiger partial charge on any atom is -0.274 e. The van der Waals surface area contributed by atoms with E-state index >= 15 is 0 Å². The molecule has 3 rings (SSSR count). The summed E-state index contributed by atoms with van der Waals surface area (Å²) in [4.78, 5) is 12.4. The molecule has 1 aliphatic rings. The SMILES string of the molecule is Cc1nn(CC(F)(F)F)c(C)c1CC(=O)NS(=O)(=O)N1CCCc2ccccc21. The molecule has 7 nitrogen and oxygen atoms in total. The number of hydrogen-bond acceptors (Lipinski definition) is 4. The Morgan fingerprint density at radius 3 is 2.62 bits per heavy atom. The second kappa shape index (κ2) is 7.69. The summed E-state index contributed by atoms with van der Waals surface area (Å²) < 4.78 is 67.4. The van der Waals surface area contributed by atoms with E-state index in [0.29, 0.717) is 12.1 Å². The van der Waals surface area contributed by atoms with Gasteiger partial charge in [0.2, 0.25) is 5.91 Å². The predicted octanol–water partition coefficient (Wildman–Crippen LogP) is 2.42. The van der Waals surface area contributed by atoms with E-state index in [4.69, 9.17) is 0 Å². The molecule has 0 atom stereocenters. The highest BCUT2D eigenvalue weighted by Crippen LogP contribution is 2.28. The molecule has 1 aromatic heterocycles. The first-order valence-corrected chi connectivity index (χ1v) is 10.4. The molecule has 158 valence electrons. The Kier molecular flexibility index (Phi) is 5.61. The van der Waals surface area contributed by atoms with E-state index in [9.17, 15) is 26.4 Å². The van der Waals surface area contributed by atoms with Gasteiger partial charge in [0.15, 0.2) is 0 Å². The van der Waals surface area contributed by atoms with Crippen LogP contribution in [0.5, 0.6) is 0 Å². The smallest absolute Gasteiger partial charge is 0.274 e. The average Bonchev–Trinajstić information content (AvgIpc) is 2.86. The Bertz CT molecular complexity index is 1030. The zero-order valence-electron chi connectivity index (χ0n) is 16.0. The van der Waals surface area contributed by atoms with E-state index in [1.54, 1.807) is 12.1 Å². The first-order valence-electron chi connectivity index (χ1n) is 8.99. The molecule has 29 heavy (non-hydrogen) atoms. The number of nitrogens with zero attached hydrogens (tertiary/aromatic N) is 3. The third kappa shape index (κ3) is 4.72. The third-order valence-electron chi connectivity index (χ3n) is 4.80. The molecule has 1 aliphatic heterocycles. The highest BCUT2D eigenvalue weighted by molar-refractivity contribution is 7.91. The van der Waals surface area contributed by atoms with Gasteiger partial charge < -0.3 is 0 Å². The van der Waals surface area contributed by atoms with Gasteiger partial charge in [-0.15, -0.1) is 0 Å². The van der Waals surface area contributed by atoms with Crippen LogP contribution in [0.3, 0.4) is 0 Å². The number of fused-ring (bicyclic) bond motifs is 1. The number of anilines is 1. The molecular formula is C18H21F3N4O3S. The monoisotopic (exact) mass is 430 g/mol. The van der Waals surface area contributed by atoms with Crippen molar-refractivity contribution in [3.05, 3.63) is 46.8 Å². The minimum atomic E-state index is -4.45. The lowest BCUT2D eigenvalue weighted by atomic mass is 10.0. The second-order valence-electron chi connectivity index (χ2n) is 6.93. The summed E-state index contributed by atoms with van der Waals surface area (Å²) in [5, 5.41) is 3.82. The second-order valence-corrected chi connectivity index (χ2v) is 8.53. The number of rotatable bonds is 5. The van der Waals surface area contributed by atoms with Crippen LogP contribution in [-0.4, -0.2) is 36.8 Å². The van der Waals surface area contributed by atoms with Gasteiger partial charge in [0.1, 0.15) is 6.54 Å². The molecule has 0 saturated heterocycles. The Morgan fingerprint density at radius 1 is 1.24 bits per heavy atom. The van der Waals surface area contributed by atoms with Gasteiger partial charge in [-0.3, -0.25) is 13.8 Å². The lowest BCUT2D eigenvalue weighted by molar-refractivity contribution is -0.143. The van der Waals surface area contributed by atoms with Crippen LogP contribution in [0.1, 0.15) is 28.9 Å². The lowest BCUT2D eigenvalue weighted by Crippen LogP contribution is -2.46. The van der Waals surface area contributed by atoms with E-state index in [-0.39, 0.29) is 29.9 Å². The Morgan fingerprint density at radius 2 is 1.93 bits per heavy atom. The number of nitrogens with one attached hydrogen (secondary N) is 1. The van der Waals surface area contributed by atoms with Crippen molar-refractivity contribution < 1.29 is 26.4 Å². The molecule has 0 aliphatic carbocycles. The summed E-state index contributed by atoms with van der Waals surface area (Å²) >= 11 is 0. The van der Waals surface area contributed by atoms with Crippen LogP contribution in [0.2, 0.25) is 0 Å². The van der Waals surface area contributed by atoms with Crippen molar-refractivity contribution in [2.75, 3.05) is 10.8 Å². The van der Waals surface area contributed by atoms with Crippen molar-refractivity contribution in [2.24, 2.45) is 0 Å². The van der Waals surface area contributed by atoms with Crippen molar-refractivity contribution in [1.82, 2.24) is 14.5 Å². The molecule has 11 heteroatoms. The molecule has 0 spiro atoms. The molecular weight excluding hydrogens is 409 g/mol. The average molecular weight is 430 g/mol. The maximum absolute atomic E-state index is 12.7. The first kappa shape index (κ1) is 21.2. The van der Waals surface area contributed by atoms with Gasteiger partial charge in [-0.1, -0.05) is 18.2 Å². The molecule has 0 fully saturated rings. The normalized spacial score (nSPS) is 14.6. The van der Waals surface area contributed by atoms with Crippen molar-refractivity contribution in [3.63, 3.8) is 0 Å². The van der Waals surface area contributed by atoms with Crippen LogP contribution in [0.15, 0.2) is 24.3 Å². The number of aryl methyl sites for hydroxylation is 2. The molecule has 0 unspecified atom stereocenters. The van der Waals surface area contributed by atoms with E-state index in [0.717, 1.165) is 21.0 Å². The van der Waals surface area contributed by atoms with Crippen LogP contribution in [0, 0.1) is 13.8 Å². The standard InChI is InChI=1S/C18H21F3N4O3S/c1-12-15(13(2)24(22-12)11-18(19,20)21)10-17(26)23-29(27,28)25-9-5-7-14-6-3-4-8-16(14)25/h3-4,6,8H,5,7,9-11H2,1-2H3,(H,23,26). The maximum Gasteiger partial charge on any atom is 0.408 e. The van der Waals surface area contributed by atoms with Crippen LogP contribution in [0.25, 0.3) is 0 Å². The fourth-order valence-electron chi connectivity index (χ4n) is 3.46. The van der Waals surface area contributed by atoms with Gasteiger partial charge in [0.05, 0.1) is 17.8 Å². The van der Waals surface area contributed by atoms with Gasteiger partial charge in [-0.05, 0) is 38.3 Å². The van der Waals surface area contributed by atoms with Gasteiger partial charge in [0, 0.05) is 17.8 Å². The van der Waals surface area contributed by atoms with Gasteiger partial charge in [0.25, 0.3) is 0 Å². The van der Waals surface area contributed by atoms with Gasteiger partial charge in [-0.2, -0.15) is 26.7 Å². The Hall–Kier alpha value is -2.56. The summed E-state index contributed by atoms with van der Waals surface area (Å²) in [5.74, 6) is -0.828. The van der Waals surface area contributed by atoms with E-state index < -0.39 is 28.8 Å². The molecule has 2 aromatic rings. The lowest BCUT2D eigenvalue weighted by Gasteiger charge is -2.30. The minimum absolute atomic E-state index is 0.177.